The summed E-state index contributed by atoms with van der Waals surface area (Å²) in [5.41, 5.74) is 0.588. The van der Waals surface area contributed by atoms with Gasteiger partial charge in [-0.05, 0) is 36.8 Å². The van der Waals surface area contributed by atoms with E-state index >= 15 is 0 Å². The van der Waals surface area contributed by atoms with Crippen LogP contribution in [0.25, 0.3) is 0 Å². The molecule has 0 heterocycles. The molecule has 2 rings (SSSR count). The Balaban J connectivity index is 1.89. The second-order valence-corrected chi connectivity index (χ2v) is 5.70. The predicted octanol–water partition coefficient (Wildman–Crippen LogP) is 3.52. The van der Waals surface area contributed by atoms with E-state index < -0.39 is 24.3 Å². The highest BCUT2D eigenvalue weighted by Gasteiger charge is 2.16. The number of nitrogens with one attached hydrogen (secondary N) is 1. The number of amides is 1. The normalized spacial score (nSPS) is 11.5. The lowest BCUT2D eigenvalue weighted by Crippen LogP contribution is -2.31. The standard InChI is InChI=1S/C18H17ClFNO4/c1-11(12-3-5-13(19)6-4-12)21-17(22)10-25-18(23)15-8-7-14(24-2)9-16(15)20/h3-9,11H,10H2,1-2H3,(H,21,22)/t11-/m1/s1. The summed E-state index contributed by atoms with van der Waals surface area (Å²) in [7, 11) is 1.39. The summed E-state index contributed by atoms with van der Waals surface area (Å²) < 4.78 is 23.5. The highest BCUT2D eigenvalue weighted by molar-refractivity contribution is 6.30. The van der Waals surface area contributed by atoms with Gasteiger partial charge in [0.2, 0.25) is 0 Å². The fourth-order valence-corrected chi connectivity index (χ4v) is 2.24. The Morgan fingerprint density at radius 1 is 1.20 bits per heavy atom. The topological polar surface area (TPSA) is 64.6 Å². The highest BCUT2D eigenvalue weighted by Crippen LogP contribution is 2.18. The smallest absolute Gasteiger partial charge is 0.341 e. The first kappa shape index (κ1) is 18.7. The van der Waals surface area contributed by atoms with Crippen LogP contribution in [-0.2, 0) is 9.53 Å². The van der Waals surface area contributed by atoms with E-state index in [4.69, 9.17) is 21.1 Å². The van der Waals surface area contributed by atoms with Crippen LogP contribution in [0.4, 0.5) is 4.39 Å². The van der Waals surface area contributed by atoms with Gasteiger partial charge in [-0.3, -0.25) is 4.79 Å². The van der Waals surface area contributed by atoms with E-state index in [0.29, 0.717) is 5.02 Å². The van der Waals surface area contributed by atoms with Crippen LogP contribution < -0.4 is 10.1 Å². The Bertz CT molecular complexity index is 764. The number of benzene rings is 2. The molecule has 1 N–H and O–H groups in total. The maximum absolute atomic E-state index is 13.8. The van der Waals surface area contributed by atoms with Crippen molar-refractivity contribution in [2.45, 2.75) is 13.0 Å². The van der Waals surface area contributed by atoms with E-state index in [2.05, 4.69) is 5.32 Å². The van der Waals surface area contributed by atoms with Gasteiger partial charge in [-0.25, -0.2) is 9.18 Å². The average Bonchev–Trinajstić information content (AvgIpc) is 2.60. The van der Waals surface area contributed by atoms with Gasteiger partial charge in [0.1, 0.15) is 11.6 Å². The zero-order valence-electron chi connectivity index (χ0n) is 13.7. The maximum Gasteiger partial charge on any atom is 0.341 e. The molecule has 0 aliphatic carbocycles. The van der Waals surface area contributed by atoms with Gasteiger partial charge in [-0.2, -0.15) is 0 Å². The van der Waals surface area contributed by atoms with Crippen molar-refractivity contribution in [3.8, 4) is 5.75 Å². The number of hydrogen-bond donors (Lipinski definition) is 1. The zero-order chi connectivity index (χ0) is 18.4. The molecular weight excluding hydrogens is 349 g/mol. The Hall–Kier alpha value is -2.60. The number of hydrogen-bond acceptors (Lipinski definition) is 4. The van der Waals surface area contributed by atoms with E-state index in [9.17, 15) is 14.0 Å². The fraction of sp³-hybridized carbons (Fsp3) is 0.222. The third kappa shape index (κ3) is 5.19. The molecule has 0 fully saturated rings. The lowest BCUT2D eigenvalue weighted by atomic mass is 10.1. The van der Waals surface area contributed by atoms with Crippen LogP contribution in [0.5, 0.6) is 5.75 Å². The number of ether oxygens (including phenoxy) is 2. The van der Waals surface area contributed by atoms with E-state index in [1.165, 1.54) is 19.2 Å². The first-order valence-corrected chi connectivity index (χ1v) is 7.84. The van der Waals surface area contributed by atoms with Crippen molar-refractivity contribution in [1.29, 1.82) is 0 Å². The van der Waals surface area contributed by atoms with Crippen LogP contribution in [0.15, 0.2) is 42.5 Å². The lowest BCUT2D eigenvalue weighted by Gasteiger charge is -2.14. The first-order valence-electron chi connectivity index (χ1n) is 7.46. The van der Waals surface area contributed by atoms with Crippen LogP contribution in [-0.4, -0.2) is 25.6 Å². The van der Waals surface area contributed by atoms with Gasteiger partial charge in [-0.1, -0.05) is 23.7 Å². The predicted molar refractivity (Wildman–Crippen MR) is 91.2 cm³/mol. The van der Waals surface area contributed by atoms with Crippen LogP contribution in [0.3, 0.4) is 0 Å². The minimum Gasteiger partial charge on any atom is -0.497 e. The van der Waals surface area contributed by atoms with Crippen molar-refractivity contribution in [1.82, 2.24) is 5.32 Å². The molecule has 5 nitrogen and oxygen atoms in total. The Morgan fingerprint density at radius 3 is 2.48 bits per heavy atom. The summed E-state index contributed by atoms with van der Waals surface area (Å²) in [6.45, 7) is 1.27. The summed E-state index contributed by atoms with van der Waals surface area (Å²) in [5.74, 6) is -1.91. The second kappa shape index (κ2) is 8.48. The first-order chi connectivity index (χ1) is 11.9. The van der Waals surface area contributed by atoms with Crippen molar-refractivity contribution < 1.29 is 23.5 Å². The van der Waals surface area contributed by atoms with Crippen LogP contribution in [0.1, 0.15) is 28.9 Å². The second-order valence-electron chi connectivity index (χ2n) is 5.26. The fourth-order valence-electron chi connectivity index (χ4n) is 2.12. The average molecular weight is 366 g/mol. The molecule has 25 heavy (non-hydrogen) atoms. The van der Waals surface area contributed by atoms with E-state index in [1.807, 2.05) is 0 Å². The van der Waals surface area contributed by atoms with Crippen molar-refractivity contribution in [3.05, 3.63) is 64.4 Å². The molecular formula is C18H17ClFNO4. The summed E-state index contributed by atoms with van der Waals surface area (Å²) in [4.78, 5) is 23.8. The van der Waals surface area contributed by atoms with Gasteiger partial charge in [0, 0.05) is 11.1 Å². The molecule has 0 saturated heterocycles. The SMILES string of the molecule is COc1ccc(C(=O)OCC(=O)N[C@H](C)c2ccc(Cl)cc2)c(F)c1. The number of esters is 1. The molecule has 7 heteroatoms. The monoisotopic (exact) mass is 365 g/mol. The zero-order valence-corrected chi connectivity index (χ0v) is 14.5. The number of halogens is 2. The minimum atomic E-state index is -0.922. The molecule has 132 valence electrons. The molecule has 0 aliphatic heterocycles. The molecule has 0 radical (unpaired) electrons. The van der Waals surface area contributed by atoms with Crippen molar-refractivity contribution in [3.63, 3.8) is 0 Å². The molecule has 0 spiro atoms. The number of rotatable bonds is 6. The molecule has 2 aromatic rings. The van der Waals surface area contributed by atoms with Gasteiger partial charge in [0.25, 0.3) is 5.91 Å². The number of carbonyl (C=O) groups is 2. The molecule has 1 amide bonds. The van der Waals surface area contributed by atoms with Gasteiger partial charge in [0.05, 0.1) is 18.7 Å². The maximum atomic E-state index is 13.8. The summed E-state index contributed by atoms with van der Waals surface area (Å²) >= 11 is 5.81. The number of carbonyl (C=O) groups excluding carboxylic acids is 2. The minimum absolute atomic E-state index is 0.264. The number of methoxy groups -OCH3 is 1. The third-order valence-electron chi connectivity index (χ3n) is 3.48. The molecule has 2 aromatic carbocycles. The van der Waals surface area contributed by atoms with Crippen LogP contribution in [0.2, 0.25) is 5.02 Å². The molecule has 1 atom stereocenters. The third-order valence-corrected chi connectivity index (χ3v) is 3.73. The van der Waals surface area contributed by atoms with Gasteiger partial charge < -0.3 is 14.8 Å². The van der Waals surface area contributed by atoms with Crippen LogP contribution in [0, 0.1) is 5.82 Å². The molecule has 0 unspecified atom stereocenters. The molecule has 0 saturated carbocycles. The molecule has 0 aliphatic rings. The summed E-state index contributed by atoms with van der Waals surface area (Å²) in [5, 5.41) is 3.28. The highest BCUT2D eigenvalue weighted by atomic mass is 35.5. The largest absolute Gasteiger partial charge is 0.497 e. The Morgan fingerprint density at radius 2 is 1.88 bits per heavy atom. The van der Waals surface area contributed by atoms with Crippen molar-refractivity contribution in [2.75, 3.05) is 13.7 Å². The van der Waals surface area contributed by atoms with Gasteiger partial charge >= 0.3 is 5.97 Å². The Kier molecular flexibility index (Phi) is 6.36. The van der Waals surface area contributed by atoms with Gasteiger partial charge in [-0.15, -0.1) is 0 Å². The summed E-state index contributed by atoms with van der Waals surface area (Å²) in [6, 6.07) is 10.4. The molecule has 0 aromatic heterocycles. The van der Waals surface area contributed by atoms with Crippen molar-refractivity contribution >= 4 is 23.5 Å². The Labute approximate surface area is 149 Å². The summed E-state index contributed by atoms with van der Waals surface area (Å²) in [6.07, 6.45) is 0. The molecule has 0 bridgehead atoms. The van der Waals surface area contributed by atoms with E-state index in [-0.39, 0.29) is 17.4 Å². The lowest BCUT2D eigenvalue weighted by molar-refractivity contribution is -0.124. The van der Waals surface area contributed by atoms with E-state index in [0.717, 1.165) is 11.6 Å². The quantitative estimate of drug-likeness (QED) is 0.795. The van der Waals surface area contributed by atoms with Crippen LogP contribution >= 0.6 is 11.6 Å². The van der Waals surface area contributed by atoms with E-state index in [1.54, 1.807) is 31.2 Å². The van der Waals surface area contributed by atoms with Gasteiger partial charge in [0.15, 0.2) is 6.61 Å². The van der Waals surface area contributed by atoms with Crippen molar-refractivity contribution in [2.24, 2.45) is 0 Å².